The lowest BCUT2D eigenvalue weighted by atomic mass is 9.82. The number of hydrogen-bond acceptors (Lipinski definition) is 4. The molecule has 3 aliphatic rings. The third-order valence-corrected chi connectivity index (χ3v) is 7.73. The van der Waals surface area contributed by atoms with Crippen LogP contribution >= 0.6 is 0 Å². The van der Waals surface area contributed by atoms with Crippen molar-refractivity contribution in [3.63, 3.8) is 0 Å². The summed E-state index contributed by atoms with van der Waals surface area (Å²) < 4.78 is 2.18. The predicted octanol–water partition coefficient (Wildman–Crippen LogP) is 4.91. The van der Waals surface area contributed by atoms with Gasteiger partial charge < -0.3 is 10.6 Å². The first-order valence-corrected chi connectivity index (χ1v) is 11.9. The Morgan fingerprint density at radius 1 is 1.10 bits per heavy atom. The zero-order valence-corrected chi connectivity index (χ0v) is 18.6. The molecule has 0 unspecified atom stereocenters. The fraction of sp³-hybridized carbons (Fsp3) is 0.538. The lowest BCUT2D eigenvalue weighted by Crippen LogP contribution is -2.38. The van der Waals surface area contributed by atoms with Crippen LogP contribution in [0.3, 0.4) is 0 Å². The SMILES string of the molecule is CC1=C(C2CCN(CC3CCC(n4cc5cc(N)ccc5n4)CC3)CC2)C=CCC1=O. The average Bonchev–Trinajstić information content (AvgIpc) is 3.20. The lowest BCUT2D eigenvalue weighted by Gasteiger charge is -2.37. The van der Waals surface area contributed by atoms with Crippen molar-refractivity contribution in [2.24, 2.45) is 11.8 Å². The van der Waals surface area contributed by atoms with E-state index in [1.165, 1.54) is 50.6 Å². The molecule has 0 atom stereocenters. The molecule has 0 bridgehead atoms. The van der Waals surface area contributed by atoms with Crippen LogP contribution in [0.5, 0.6) is 0 Å². The number of rotatable bonds is 4. The Morgan fingerprint density at radius 3 is 2.65 bits per heavy atom. The first-order valence-electron chi connectivity index (χ1n) is 11.9. The fourth-order valence-electron chi connectivity index (χ4n) is 5.81. The number of carbonyl (C=O) groups is 1. The van der Waals surface area contributed by atoms with Crippen LogP contribution in [0.4, 0.5) is 5.69 Å². The number of nitrogens with zero attached hydrogens (tertiary/aromatic N) is 3. The number of piperidine rings is 1. The molecule has 1 saturated heterocycles. The summed E-state index contributed by atoms with van der Waals surface area (Å²) in [5, 5.41) is 5.94. The highest BCUT2D eigenvalue weighted by Gasteiger charge is 2.28. The normalized spacial score (nSPS) is 26.2. The van der Waals surface area contributed by atoms with E-state index in [1.807, 2.05) is 31.2 Å². The summed E-state index contributed by atoms with van der Waals surface area (Å²) in [6.45, 7) is 5.57. The summed E-state index contributed by atoms with van der Waals surface area (Å²) in [5.74, 6) is 1.67. The molecule has 1 aromatic carbocycles. The van der Waals surface area contributed by atoms with E-state index >= 15 is 0 Å². The number of Topliss-reactive ketones (excluding diaryl/α,β-unsaturated/α-hetero) is 1. The van der Waals surface area contributed by atoms with Gasteiger partial charge in [-0.3, -0.25) is 9.48 Å². The molecule has 1 saturated carbocycles. The highest BCUT2D eigenvalue weighted by atomic mass is 16.1. The van der Waals surface area contributed by atoms with Crippen LogP contribution in [0.15, 0.2) is 47.7 Å². The first-order chi connectivity index (χ1) is 15.1. The van der Waals surface area contributed by atoms with E-state index in [1.54, 1.807) is 0 Å². The molecular weight excluding hydrogens is 384 g/mol. The molecule has 2 aromatic rings. The Bertz CT molecular complexity index is 1020. The Morgan fingerprint density at radius 2 is 1.87 bits per heavy atom. The minimum atomic E-state index is 0.310. The molecule has 31 heavy (non-hydrogen) atoms. The number of benzene rings is 1. The van der Waals surface area contributed by atoms with Crippen LogP contribution in [-0.4, -0.2) is 40.1 Å². The van der Waals surface area contributed by atoms with Gasteiger partial charge in [-0.1, -0.05) is 12.2 Å². The summed E-state index contributed by atoms with van der Waals surface area (Å²) in [4.78, 5) is 14.7. The highest BCUT2D eigenvalue weighted by molar-refractivity contribution is 5.98. The van der Waals surface area contributed by atoms with Crippen LogP contribution in [0.2, 0.25) is 0 Å². The predicted molar refractivity (Wildman–Crippen MR) is 126 cm³/mol. The van der Waals surface area contributed by atoms with Crippen molar-refractivity contribution in [1.82, 2.24) is 14.7 Å². The Hall–Kier alpha value is -2.40. The van der Waals surface area contributed by atoms with E-state index in [-0.39, 0.29) is 0 Å². The maximum Gasteiger partial charge on any atom is 0.162 e. The zero-order valence-electron chi connectivity index (χ0n) is 18.6. The molecule has 5 heteroatoms. The molecular formula is C26H34N4O. The molecule has 164 valence electrons. The van der Waals surface area contributed by atoms with E-state index in [0.717, 1.165) is 41.2 Å². The number of carbonyl (C=O) groups excluding carboxylic acids is 1. The molecule has 0 spiro atoms. The van der Waals surface area contributed by atoms with Gasteiger partial charge in [0.15, 0.2) is 5.78 Å². The van der Waals surface area contributed by atoms with E-state index < -0.39 is 0 Å². The van der Waals surface area contributed by atoms with Gasteiger partial charge in [0.25, 0.3) is 0 Å². The minimum Gasteiger partial charge on any atom is -0.399 e. The molecule has 2 fully saturated rings. The smallest absolute Gasteiger partial charge is 0.162 e. The quantitative estimate of drug-likeness (QED) is 0.717. The van der Waals surface area contributed by atoms with Crippen molar-refractivity contribution in [2.45, 2.75) is 57.9 Å². The molecule has 5 nitrogen and oxygen atoms in total. The minimum absolute atomic E-state index is 0.310. The second-order valence-corrected chi connectivity index (χ2v) is 9.79. The second kappa shape index (κ2) is 8.62. The van der Waals surface area contributed by atoms with Gasteiger partial charge in [0.1, 0.15) is 0 Å². The van der Waals surface area contributed by atoms with Crippen molar-refractivity contribution < 1.29 is 4.79 Å². The van der Waals surface area contributed by atoms with Gasteiger partial charge in [-0.25, -0.2) is 0 Å². The summed E-state index contributed by atoms with van der Waals surface area (Å²) in [6, 6.07) is 6.48. The molecule has 0 radical (unpaired) electrons. The molecule has 2 heterocycles. The molecule has 2 aliphatic carbocycles. The summed E-state index contributed by atoms with van der Waals surface area (Å²) in [5.41, 5.74) is 10.1. The van der Waals surface area contributed by atoms with E-state index in [4.69, 9.17) is 10.8 Å². The average molecular weight is 419 g/mol. The number of fused-ring (bicyclic) bond motifs is 1. The van der Waals surface area contributed by atoms with Crippen molar-refractivity contribution in [3.05, 3.63) is 47.7 Å². The highest BCUT2D eigenvalue weighted by Crippen LogP contribution is 2.35. The Balaban J connectivity index is 1.12. The Labute approximate surface area is 185 Å². The largest absolute Gasteiger partial charge is 0.399 e. The van der Waals surface area contributed by atoms with Crippen LogP contribution in [0.25, 0.3) is 10.9 Å². The number of nitrogens with two attached hydrogens (primary N) is 1. The maximum absolute atomic E-state index is 12.0. The van der Waals surface area contributed by atoms with Crippen molar-refractivity contribution in [1.29, 1.82) is 0 Å². The van der Waals surface area contributed by atoms with Gasteiger partial charge in [0, 0.05) is 30.2 Å². The zero-order chi connectivity index (χ0) is 21.4. The van der Waals surface area contributed by atoms with E-state index in [9.17, 15) is 4.79 Å². The van der Waals surface area contributed by atoms with Gasteiger partial charge in [-0.15, -0.1) is 0 Å². The fourth-order valence-corrected chi connectivity index (χ4v) is 5.81. The van der Waals surface area contributed by atoms with Crippen LogP contribution < -0.4 is 5.73 Å². The topological polar surface area (TPSA) is 64.2 Å². The summed E-state index contributed by atoms with van der Waals surface area (Å²) in [7, 11) is 0. The number of ketones is 1. The van der Waals surface area contributed by atoms with Crippen molar-refractivity contribution in [2.75, 3.05) is 25.4 Å². The van der Waals surface area contributed by atoms with Gasteiger partial charge in [-0.2, -0.15) is 5.10 Å². The van der Waals surface area contributed by atoms with E-state index in [0.29, 0.717) is 24.2 Å². The monoisotopic (exact) mass is 418 g/mol. The van der Waals surface area contributed by atoms with Crippen molar-refractivity contribution >= 4 is 22.4 Å². The molecule has 0 amide bonds. The summed E-state index contributed by atoms with van der Waals surface area (Å²) >= 11 is 0. The molecule has 1 aromatic heterocycles. The van der Waals surface area contributed by atoms with Crippen LogP contribution in [0.1, 0.15) is 57.9 Å². The Kier molecular flexibility index (Phi) is 5.70. The molecule has 2 N–H and O–H groups in total. The number of anilines is 1. The maximum atomic E-state index is 12.0. The number of hydrogen-bond donors (Lipinski definition) is 1. The molecule has 1 aliphatic heterocycles. The van der Waals surface area contributed by atoms with Gasteiger partial charge in [0.2, 0.25) is 0 Å². The van der Waals surface area contributed by atoms with Gasteiger partial charge in [-0.05, 0) is 99.7 Å². The third kappa shape index (κ3) is 4.33. The van der Waals surface area contributed by atoms with Crippen LogP contribution in [-0.2, 0) is 4.79 Å². The molecule has 5 rings (SSSR count). The van der Waals surface area contributed by atoms with E-state index in [2.05, 4.69) is 21.9 Å². The number of allylic oxidation sites excluding steroid dienone is 4. The standard InChI is InChI=1S/C26H34N4O/c1-18-24(3-2-4-26(18)31)20-11-13-29(14-12-20)16-19-5-8-23(9-6-19)30-17-21-15-22(27)7-10-25(21)28-30/h2-3,7,10,15,17,19-20,23H,4-6,8-9,11-14,16,27H2,1H3. The van der Waals surface area contributed by atoms with Gasteiger partial charge in [0.05, 0.1) is 11.6 Å². The number of likely N-dealkylation sites (tertiary alicyclic amines) is 1. The summed E-state index contributed by atoms with van der Waals surface area (Å²) in [6.07, 6.45) is 14.4. The van der Waals surface area contributed by atoms with Crippen molar-refractivity contribution in [3.8, 4) is 0 Å². The first kappa shape index (κ1) is 20.5. The second-order valence-electron chi connectivity index (χ2n) is 9.79. The number of aromatic nitrogens is 2. The van der Waals surface area contributed by atoms with Crippen LogP contribution in [0, 0.1) is 11.8 Å². The lowest BCUT2D eigenvalue weighted by molar-refractivity contribution is -0.114. The third-order valence-electron chi connectivity index (χ3n) is 7.73. The number of nitrogen functional groups attached to an aromatic ring is 1. The van der Waals surface area contributed by atoms with Gasteiger partial charge >= 0.3 is 0 Å².